The molecule has 1 aromatic rings. The molecule has 0 fully saturated rings. The molecule has 14 heavy (non-hydrogen) atoms. The predicted molar refractivity (Wildman–Crippen MR) is 54.0 cm³/mol. The van der Waals surface area contributed by atoms with Crippen molar-refractivity contribution in [3.63, 3.8) is 0 Å². The van der Waals surface area contributed by atoms with Gasteiger partial charge in [-0.25, -0.2) is 9.78 Å². The normalized spacial score (nSPS) is 10.1. The molecule has 1 heterocycles. The summed E-state index contributed by atoms with van der Waals surface area (Å²) in [5, 5.41) is 18.0. The second kappa shape index (κ2) is 5.19. The second-order valence-corrected chi connectivity index (χ2v) is 3.88. The number of thioether (sulfide) groups is 1. The summed E-state index contributed by atoms with van der Waals surface area (Å²) in [6.45, 7) is 0.0311. The number of aromatic carboxylic acids is 1. The SMILES string of the molecule is O=C(O)c1cnc(SCCO)c(Cl)c1. The quantitative estimate of drug-likeness (QED) is 0.772. The Hall–Kier alpha value is -0.780. The number of aliphatic hydroxyl groups excluding tert-OH is 1. The first-order valence-electron chi connectivity index (χ1n) is 3.77. The van der Waals surface area contributed by atoms with E-state index in [2.05, 4.69) is 4.98 Å². The van der Waals surface area contributed by atoms with Crippen LogP contribution in [0.1, 0.15) is 10.4 Å². The van der Waals surface area contributed by atoms with Gasteiger partial charge in [-0.2, -0.15) is 0 Å². The Labute approximate surface area is 89.9 Å². The summed E-state index contributed by atoms with van der Waals surface area (Å²) in [5.74, 6) is -0.572. The third-order valence-electron chi connectivity index (χ3n) is 1.38. The molecule has 0 unspecified atom stereocenters. The van der Waals surface area contributed by atoms with Crippen molar-refractivity contribution in [1.29, 1.82) is 0 Å². The molecular weight excluding hydrogens is 226 g/mol. The fourth-order valence-corrected chi connectivity index (χ4v) is 1.73. The minimum Gasteiger partial charge on any atom is -0.478 e. The van der Waals surface area contributed by atoms with Gasteiger partial charge in [0.15, 0.2) is 0 Å². The lowest BCUT2D eigenvalue weighted by molar-refractivity contribution is 0.0696. The van der Waals surface area contributed by atoms with Crippen LogP contribution in [0.4, 0.5) is 0 Å². The van der Waals surface area contributed by atoms with E-state index in [0.717, 1.165) is 0 Å². The molecule has 76 valence electrons. The maximum Gasteiger partial charge on any atom is 0.337 e. The van der Waals surface area contributed by atoms with Crippen molar-refractivity contribution in [2.45, 2.75) is 5.03 Å². The van der Waals surface area contributed by atoms with E-state index in [-0.39, 0.29) is 12.2 Å². The predicted octanol–water partition coefficient (Wildman–Crippen LogP) is 1.52. The molecule has 0 bridgehead atoms. The standard InChI is InChI=1S/C8H8ClNO3S/c9-6-3-5(8(12)13)4-10-7(6)14-2-1-11/h3-4,11H,1-2H2,(H,12,13). The molecule has 4 nitrogen and oxygen atoms in total. The summed E-state index contributed by atoms with van der Waals surface area (Å²) in [6.07, 6.45) is 1.24. The zero-order valence-corrected chi connectivity index (χ0v) is 8.68. The maximum absolute atomic E-state index is 10.5. The molecular formula is C8H8ClNO3S. The van der Waals surface area contributed by atoms with Crippen molar-refractivity contribution in [2.75, 3.05) is 12.4 Å². The largest absolute Gasteiger partial charge is 0.478 e. The van der Waals surface area contributed by atoms with Crippen LogP contribution in [0, 0.1) is 0 Å². The van der Waals surface area contributed by atoms with Crippen LogP contribution >= 0.6 is 23.4 Å². The van der Waals surface area contributed by atoms with Gasteiger partial charge in [-0.15, -0.1) is 11.8 Å². The fourth-order valence-electron chi connectivity index (χ4n) is 0.791. The molecule has 0 aromatic carbocycles. The summed E-state index contributed by atoms with van der Waals surface area (Å²) < 4.78 is 0. The minimum atomic E-state index is -1.06. The fraction of sp³-hybridized carbons (Fsp3) is 0.250. The number of pyridine rings is 1. The first-order chi connectivity index (χ1) is 6.65. The first-order valence-corrected chi connectivity index (χ1v) is 5.14. The van der Waals surface area contributed by atoms with Gasteiger partial charge >= 0.3 is 5.97 Å². The van der Waals surface area contributed by atoms with Crippen molar-refractivity contribution in [1.82, 2.24) is 4.98 Å². The van der Waals surface area contributed by atoms with E-state index in [0.29, 0.717) is 15.8 Å². The van der Waals surface area contributed by atoms with Crippen LogP contribution in [0.15, 0.2) is 17.3 Å². The van der Waals surface area contributed by atoms with Crippen molar-refractivity contribution in [3.05, 3.63) is 22.8 Å². The average molecular weight is 234 g/mol. The van der Waals surface area contributed by atoms with Crippen molar-refractivity contribution in [2.24, 2.45) is 0 Å². The van der Waals surface area contributed by atoms with Gasteiger partial charge in [0.2, 0.25) is 0 Å². The topological polar surface area (TPSA) is 70.4 Å². The summed E-state index contributed by atoms with van der Waals surface area (Å²) >= 11 is 7.06. The van der Waals surface area contributed by atoms with Gasteiger partial charge in [0.1, 0.15) is 5.03 Å². The van der Waals surface area contributed by atoms with Gasteiger partial charge in [-0.05, 0) is 6.07 Å². The molecule has 2 N–H and O–H groups in total. The average Bonchev–Trinajstić information content (AvgIpc) is 2.15. The lowest BCUT2D eigenvalue weighted by Crippen LogP contribution is -1.98. The molecule has 0 aliphatic carbocycles. The Morgan fingerprint density at radius 2 is 2.36 bits per heavy atom. The van der Waals surface area contributed by atoms with Crippen molar-refractivity contribution in [3.8, 4) is 0 Å². The highest BCUT2D eigenvalue weighted by atomic mass is 35.5. The molecule has 0 radical (unpaired) electrons. The van der Waals surface area contributed by atoms with Crippen LogP contribution in [-0.2, 0) is 0 Å². The van der Waals surface area contributed by atoms with Crippen LogP contribution in [0.2, 0.25) is 5.02 Å². The van der Waals surface area contributed by atoms with E-state index in [9.17, 15) is 4.79 Å². The van der Waals surface area contributed by atoms with Crippen LogP contribution in [0.5, 0.6) is 0 Å². The molecule has 1 aromatic heterocycles. The minimum absolute atomic E-state index is 0.0311. The monoisotopic (exact) mass is 233 g/mol. The highest BCUT2D eigenvalue weighted by molar-refractivity contribution is 7.99. The smallest absolute Gasteiger partial charge is 0.337 e. The molecule has 0 amide bonds. The second-order valence-electron chi connectivity index (χ2n) is 2.39. The number of aromatic nitrogens is 1. The molecule has 0 atom stereocenters. The highest BCUT2D eigenvalue weighted by Gasteiger charge is 2.08. The number of hydrogen-bond donors (Lipinski definition) is 2. The van der Waals surface area contributed by atoms with E-state index < -0.39 is 5.97 Å². The zero-order chi connectivity index (χ0) is 10.6. The Morgan fingerprint density at radius 1 is 1.64 bits per heavy atom. The van der Waals surface area contributed by atoms with Crippen molar-refractivity contribution >= 4 is 29.3 Å². The summed E-state index contributed by atoms with van der Waals surface area (Å²) in [5.41, 5.74) is 0.0587. The number of carboxylic acid groups (broad SMARTS) is 1. The highest BCUT2D eigenvalue weighted by Crippen LogP contribution is 2.25. The lowest BCUT2D eigenvalue weighted by atomic mass is 10.3. The molecule has 0 aliphatic heterocycles. The molecule has 0 saturated carbocycles. The van der Waals surface area contributed by atoms with E-state index in [1.807, 2.05) is 0 Å². The van der Waals surface area contributed by atoms with E-state index >= 15 is 0 Å². The van der Waals surface area contributed by atoms with Gasteiger partial charge < -0.3 is 10.2 Å². The van der Waals surface area contributed by atoms with Crippen LogP contribution in [0.25, 0.3) is 0 Å². The Bertz CT molecular complexity index is 345. The van der Waals surface area contributed by atoms with E-state index in [1.165, 1.54) is 24.0 Å². The maximum atomic E-state index is 10.5. The Morgan fingerprint density at radius 3 is 2.86 bits per heavy atom. The summed E-state index contributed by atoms with van der Waals surface area (Å²) in [6, 6.07) is 1.34. The van der Waals surface area contributed by atoms with E-state index in [4.69, 9.17) is 21.8 Å². The number of rotatable bonds is 4. The van der Waals surface area contributed by atoms with Crippen LogP contribution in [0.3, 0.4) is 0 Å². The molecule has 0 aliphatic rings. The molecule has 6 heteroatoms. The number of hydrogen-bond acceptors (Lipinski definition) is 4. The Kier molecular flexibility index (Phi) is 4.19. The molecule has 0 saturated heterocycles. The number of halogens is 1. The number of nitrogens with zero attached hydrogens (tertiary/aromatic N) is 1. The first kappa shape index (κ1) is 11.3. The van der Waals surface area contributed by atoms with Gasteiger partial charge in [0.05, 0.1) is 17.2 Å². The summed E-state index contributed by atoms with van der Waals surface area (Å²) in [4.78, 5) is 14.4. The molecule has 0 spiro atoms. The van der Waals surface area contributed by atoms with Gasteiger partial charge in [0.25, 0.3) is 0 Å². The third kappa shape index (κ3) is 2.87. The third-order valence-corrected chi connectivity index (χ3v) is 2.77. The van der Waals surface area contributed by atoms with Gasteiger partial charge in [-0.3, -0.25) is 0 Å². The number of carboxylic acids is 1. The van der Waals surface area contributed by atoms with Gasteiger partial charge in [0, 0.05) is 11.9 Å². The van der Waals surface area contributed by atoms with Crippen LogP contribution in [-0.4, -0.2) is 33.5 Å². The van der Waals surface area contributed by atoms with Crippen LogP contribution < -0.4 is 0 Å². The summed E-state index contributed by atoms with van der Waals surface area (Å²) in [7, 11) is 0. The zero-order valence-electron chi connectivity index (χ0n) is 7.11. The lowest BCUT2D eigenvalue weighted by Gasteiger charge is -2.02. The van der Waals surface area contributed by atoms with Gasteiger partial charge in [-0.1, -0.05) is 11.6 Å². The van der Waals surface area contributed by atoms with Crippen molar-refractivity contribution < 1.29 is 15.0 Å². The Balaban J connectivity index is 2.84. The molecule has 1 rings (SSSR count). The number of aliphatic hydroxyl groups is 1. The van der Waals surface area contributed by atoms with E-state index in [1.54, 1.807) is 0 Å². The number of carbonyl (C=O) groups is 1.